The first-order valence-electron chi connectivity index (χ1n) is 17.8. The molecule has 0 atom stereocenters. The van der Waals surface area contributed by atoms with Gasteiger partial charge in [-0.2, -0.15) is 0 Å². The Bertz CT molecular complexity index is 1620. The maximum Gasteiger partial charge on any atom is 3.00 e. The van der Waals surface area contributed by atoms with Gasteiger partial charge in [-0.3, -0.25) is 19.8 Å². The zero-order chi connectivity index (χ0) is 39.1. The molecule has 4 aromatic rings. The van der Waals surface area contributed by atoms with Crippen LogP contribution in [-0.4, -0.2) is 101 Å². The molecular formula is C40H46CeClN4O10. The van der Waals surface area contributed by atoms with E-state index in [0.717, 1.165) is 48.7 Å². The van der Waals surface area contributed by atoms with Crippen LogP contribution in [0.25, 0.3) is 0 Å². The fourth-order valence-corrected chi connectivity index (χ4v) is 5.43. The summed E-state index contributed by atoms with van der Waals surface area (Å²) >= 11 is 0. The third-order valence-electron chi connectivity index (χ3n) is 8.25. The van der Waals surface area contributed by atoms with Gasteiger partial charge in [0.25, 0.3) is 0 Å². The molecular weight excluding hydrogens is 872 g/mol. The van der Waals surface area contributed by atoms with Crippen LogP contribution in [0.3, 0.4) is 0 Å². The number of hydrogen-bond acceptors (Lipinski definition) is 14. The van der Waals surface area contributed by atoms with Gasteiger partial charge in [-0.05, 0) is 34.4 Å². The standard InChI is InChI=1S/C40H48N4O6.Ce.ClHO4/c45-39-15-7-3-9-33(39)29-41-37-13-5-1-11-35(37)31-43-17-21-47-25-27-49-23-19-44(20-24-50-28-26-48-22-18-43)32-36-12-2-6-14-38(36)42-30-34-10-4-8-16-40(34)46;;2-1(3,4)5/h1-16,29-30,45-46H,17-28,31-32H2;;(H,2,3,4,5)/q;+3;/p-3. The summed E-state index contributed by atoms with van der Waals surface area (Å²) in [4.78, 5) is 13.9. The fourth-order valence-electron chi connectivity index (χ4n) is 5.43. The van der Waals surface area contributed by atoms with Crippen molar-refractivity contribution in [2.75, 3.05) is 79.0 Å². The minimum atomic E-state index is -4.94. The van der Waals surface area contributed by atoms with E-state index in [1.54, 1.807) is 48.8 Å². The van der Waals surface area contributed by atoms with Crippen LogP contribution in [0.5, 0.6) is 11.5 Å². The third-order valence-corrected chi connectivity index (χ3v) is 8.25. The van der Waals surface area contributed by atoms with Gasteiger partial charge in [0.05, 0.1) is 64.2 Å². The first-order chi connectivity index (χ1) is 26.7. The van der Waals surface area contributed by atoms with E-state index in [2.05, 4.69) is 31.9 Å². The summed E-state index contributed by atoms with van der Waals surface area (Å²) in [5.41, 5.74) is 4.91. The van der Waals surface area contributed by atoms with E-state index in [1.165, 1.54) is 0 Å². The van der Waals surface area contributed by atoms with E-state index < -0.39 is 10.2 Å². The molecule has 1 aliphatic rings. The zero-order valence-corrected chi connectivity index (χ0v) is 34.9. The van der Waals surface area contributed by atoms with Crippen molar-refractivity contribution in [2.24, 2.45) is 9.98 Å². The van der Waals surface area contributed by atoms with Crippen LogP contribution >= 0.6 is 0 Å². The van der Waals surface area contributed by atoms with Crippen LogP contribution in [0.15, 0.2) is 107 Å². The molecule has 14 nitrogen and oxygen atoms in total. The second-order valence-corrected chi connectivity index (χ2v) is 13.0. The van der Waals surface area contributed by atoms with Gasteiger partial charge < -0.3 is 29.2 Å². The van der Waals surface area contributed by atoms with E-state index in [-0.39, 0.29) is 53.2 Å². The first kappa shape index (κ1) is 47.5. The van der Waals surface area contributed by atoms with Gasteiger partial charge in [-0.1, -0.05) is 84.9 Å². The predicted molar refractivity (Wildman–Crippen MR) is 193 cm³/mol. The molecule has 0 aliphatic carbocycles. The minimum Gasteiger partial charge on any atom is -0.872 e. The monoisotopic (exact) mass is 917 g/mol. The SMILES string of the molecule is [Ce+3].[O-][Cl+3]([O-])([O-])[O-].[O-]c1ccccc1C=Nc1ccccc1CN1CCOCCOCCN(Cc2ccccc2N=Cc2ccccc2[O-])CCOCCOCC1. The smallest absolute Gasteiger partial charge is 0.872 e. The molecule has 1 fully saturated rings. The molecule has 0 spiro atoms. The average molecular weight is 918 g/mol. The molecule has 1 heterocycles. The van der Waals surface area contributed by atoms with Crippen molar-refractivity contribution >= 4 is 23.8 Å². The second kappa shape index (κ2) is 26.9. The Kier molecular flexibility index (Phi) is 22.8. The summed E-state index contributed by atoms with van der Waals surface area (Å²) in [6.07, 6.45) is 3.27. The molecule has 5 rings (SSSR count). The molecule has 0 saturated carbocycles. The topological polar surface area (TPSA) is 206 Å². The van der Waals surface area contributed by atoms with Gasteiger partial charge in [-0.25, -0.2) is 18.6 Å². The molecule has 16 heteroatoms. The Hall–Kier alpha value is -2.91. The molecule has 1 radical (unpaired) electrons. The zero-order valence-electron chi connectivity index (χ0n) is 31.0. The summed E-state index contributed by atoms with van der Waals surface area (Å²) in [7, 11) is -4.94. The number of rotatable bonds is 8. The fraction of sp³-hybridized carbons (Fsp3) is 0.350. The van der Waals surface area contributed by atoms with Crippen molar-refractivity contribution in [3.05, 3.63) is 119 Å². The molecule has 0 aromatic heterocycles. The second-order valence-electron chi connectivity index (χ2n) is 12.2. The van der Waals surface area contributed by atoms with Gasteiger partial charge in [0, 0.05) is 51.7 Å². The number of hydrogen-bond donors (Lipinski definition) is 0. The van der Waals surface area contributed by atoms with Crippen molar-refractivity contribution < 1.29 is 99.8 Å². The van der Waals surface area contributed by atoms with Crippen LogP contribution in [-0.2, 0) is 32.0 Å². The summed E-state index contributed by atoms with van der Waals surface area (Å²) < 4.78 is 57.8. The van der Waals surface area contributed by atoms with Gasteiger partial charge in [0.15, 0.2) is 0 Å². The first-order valence-corrected chi connectivity index (χ1v) is 19.0. The number of halogens is 1. The van der Waals surface area contributed by atoms with Gasteiger partial charge in [-0.15, -0.1) is 21.7 Å². The van der Waals surface area contributed by atoms with E-state index >= 15 is 0 Å². The number of benzene rings is 4. The summed E-state index contributed by atoms with van der Waals surface area (Å²) in [6, 6.07) is 29.8. The van der Waals surface area contributed by atoms with Crippen LogP contribution in [0.2, 0.25) is 0 Å². The third kappa shape index (κ3) is 19.5. The van der Waals surface area contributed by atoms with E-state index in [1.807, 2.05) is 48.5 Å². The number of ether oxygens (including phenoxy) is 4. The van der Waals surface area contributed by atoms with Gasteiger partial charge in [0.1, 0.15) is 0 Å². The quantitative estimate of drug-likeness (QED) is 0.214. The van der Waals surface area contributed by atoms with Crippen molar-refractivity contribution in [1.29, 1.82) is 0 Å². The molecule has 56 heavy (non-hydrogen) atoms. The van der Waals surface area contributed by atoms with E-state index in [9.17, 15) is 10.2 Å². The van der Waals surface area contributed by atoms with Crippen molar-refractivity contribution in [3.8, 4) is 11.5 Å². The number of para-hydroxylation sites is 4. The number of nitrogens with zero attached hydrogens (tertiary/aromatic N) is 4. The van der Waals surface area contributed by atoms with Crippen molar-refractivity contribution in [3.63, 3.8) is 0 Å². The Balaban J connectivity index is 0.00000132. The maximum absolute atomic E-state index is 12.1. The summed E-state index contributed by atoms with van der Waals surface area (Å²) in [5.74, 6) is -0.0954. The van der Waals surface area contributed by atoms with Gasteiger partial charge >= 0.3 is 41.7 Å². The molecule has 1 aliphatic heterocycles. The molecule has 4 aromatic carbocycles. The predicted octanol–water partition coefficient (Wildman–Crippen LogP) is -0.0368. The largest absolute Gasteiger partial charge is 3.00 e. The Morgan fingerprint density at radius 2 is 0.786 bits per heavy atom. The Morgan fingerprint density at radius 1 is 0.482 bits per heavy atom. The van der Waals surface area contributed by atoms with E-state index in [0.29, 0.717) is 77.1 Å². The average Bonchev–Trinajstić information content (AvgIpc) is 3.16. The Labute approximate surface area is 363 Å². The van der Waals surface area contributed by atoms with Gasteiger partial charge in [0.2, 0.25) is 0 Å². The molecule has 0 unspecified atom stereocenters. The molecule has 0 amide bonds. The Morgan fingerprint density at radius 3 is 1.12 bits per heavy atom. The molecule has 297 valence electrons. The van der Waals surface area contributed by atoms with Crippen molar-refractivity contribution in [2.45, 2.75) is 13.1 Å². The van der Waals surface area contributed by atoms with Crippen LogP contribution < -0.4 is 28.8 Å². The van der Waals surface area contributed by atoms with Crippen LogP contribution in [0.1, 0.15) is 22.3 Å². The molecule has 0 N–H and O–H groups in total. The van der Waals surface area contributed by atoms with Crippen LogP contribution in [0.4, 0.5) is 11.4 Å². The number of aliphatic imine (C=N–C) groups is 2. The summed E-state index contributed by atoms with van der Waals surface area (Å²) in [6.45, 7) is 8.45. The van der Waals surface area contributed by atoms with Crippen LogP contribution in [0, 0.1) is 52.0 Å². The van der Waals surface area contributed by atoms with E-state index in [4.69, 9.17) is 37.6 Å². The molecule has 1 saturated heterocycles. The normalized spacial score (nSPS) is 16.4. The molecule has 0 bridgehead atoms. The maximum atomic E-state index is 12.1. The summed E-state index contributed by atoms with van der Waals surface area (Å²) in [5, 5.41) is 24.3. The minimum absolute atomic E-state index is 0. The van der Waals surface area contributed by atoms with Crippen molar-refractivity contribution in [1.82, 2.24) is 9.80 Å².